The molecular weight excluding hydrogens is 388 g/mol. The van der Waals surface area contributed by atoms with Gasteiger partial charge in [-0.3, -0.25) is 9.59 Å². The molecule has 1 aromatic heterocycles. The van der Waals surface area contributed by atoms with E-state index >= 15 is 0 Å². The summed E-state index contributed by atoms with van der Waals surface area (Å²) in [6.45, 7) is 1.74. The van der Waals surface area contributed by atoms with E-state index in [1.54, 1.807) is 42.7 Å². The van der Waals surface area contributed by atoms with E-state index in [0.29, 0.717) is 23.6 Å². The van der Waals surface area contributed by atoms with Crippen LogP contribution in [0.3, 0.4) is 0 Å². The van der Waals surface area contributed by atoms with E-state index in [1.165, 1.54) is 0 Å². The third-order valence-electron chi connectivity index (χ3n) is 4.13. The molecule has 0 atom stereocenters. The number of thiophene rings is 1. The number of anilines is 2. The van der Waals surface area contributed by atoms with E-state index in [-0.39, 0.29) is 18.4 Å². The number of rotatable bonds is 8. The van der Waals surface area contributed by atoms with Crippen LogP contribution in [0.5, 0.6) is 11.5 Å². The van der Waals surface area contributed by atoms with Crippen LogP contribution in [0.25, 0.3) is 0 Å². The summed E-state index contributed by atoms with van der Waals surface area (Å²) in [7, 11) is 1.55. The molecule has 2 aromatic carbocycles. The van der Waals surface area contributed by atoms with Gasteiger partial charge >= 0.3 is 0 Å². The van der Waals surface area contributed by atoms with Crippen molar-refractivity contribution in [2.45, 2.75) is 13.3 Å². The highest BCUT2D eigenvalue weighted by Gasteiger charge is 2.10. The first-order valence-corrected chi connectivity index (χ1v) is 9.91. The van der Waals surface area contributed by atoms with Crippen molar-refractivity contribution in [1.29, 1.82) is 0 Å². The Bertz CT molecular complexity index is 986. The molecule has 0 unspecified atom stereocenters. The summed E-state index contributed by atoms with van der Waals surface area (Å²) < 4.78 is 10.7. The van der Waals surface area contributed by atoms with Crippen LogP contribution in [0.15, 0.2) is 60.0 Å². The van der Waals surface area contributed by atoms with Gasteiger partial charge < -0.3 is 20.1 Å². The van der Waals surface area contributed by atoms with Crippen LogP contribution in [-0.4, -0.2) is 25.5 Å². The maximum absolute atomic E-state index is 12.2. The summed E-state index contributed by atoms with van der Waals surface area (Å²) in [5.74, 6) is 0.714. The van der Waals surface area contributed by atoms with Crippen LogP contribution < -0.4 is 20.1 Å². The summed E-state index contributed by atoms with van der Waals surface area (Å²) in [6.07, 6.45) is 0.343. The van der Waals surface area contributed by atoms with Crippen LogP contribution in [0, 0.1) is 6.92 Å². The lowest BCUT2D eigenvalue weighted by molar-refractivity contribution is -0.118. The highest BCUT2D eigenvalue weighted by Crippen LogP contribution is 2.26. The first-order chi connectivity index (χ1) is 14.0. The summed E-state index contributed by atoms with van der Waals surface area (Å²) in [4.78, 5) is 25.4. The highest BCUT2D eigenvalue weighted by atomic mass is 32.1. The number of carbonyl (C=O) groups excluding carboxylic acids is 2. The van der Waals surface area contributed by atoms with Crippen molar-refractivity contribution in [3.63, 3.8) is 0 Å². The molecule has 1 heterocycles. The highest BCUT2D eigenvalue weighted by molar-refractivity contribution is 7.10. The second-order valence-electron chi connectivity index (χ2n) is 6.32. The summed E-state index contributed by atoms with van der Waals surface area (Å²) in [5, 5.41) is 7.64. The Morgan fingerprint density at radius 2 is 1.76 bits per heavy atom. The molecule has 29 heavy (non-hydrogen) atoms. The average Bonchev–Trinajstić information content (AvgIpc) is 3.21. The standard InChI is InChI=1S/C22H22N2O4S/c1-15-12-16(9-10-18(15)24-21(25)13-17-6-5-11-29-17)23-22(26)14-28-20-8-4-3-7-19(20)27-2/h3-12H,13-14H2,1-2H3,(H,23,26)(H,24,25). The Morgan fingerprint density at radius 1 is 0.966 bits per heavy atom. The molecule has 0 saturated carbocycles. The van der Waals surface area contributed by atoms with Gasteiger partial charge in [0.25, 0.3) is 5.91 Å². The van der Waals surface area contributed by atoms with Crippen molar-refractivity contribution in [2.24, 2.45) is 0 Å². The van der Waals surface area contributed by atoms with Gasteiger partial charge in [0, 0.05) is 16.3 Å². The van der Waals surface area contributed by atoms with E-state index in [1.807, 2.05) is 42.6 Å². The van der Waals surface area contributed by atoms with Crippen molar-refractivity contribution in [1.82, 2.24) is 0 Å². The minimum absolute atomic E-state index is 0.0717. The molecule has 0 aliphatic carbocycles. The number of hydrogen-bond acceptors (Lipinski definition) is 5. The smallest absolute Gasteiger partial charge is 0.262 e. The van der Waals surface area contributed by atoms with Gasteiger partial charge in [-0.15, -0.1) is 11.3 Å². The fourth-order valence-electron chi connectivity index (χ4n) is 2.73. The maximum atomic E-state index is 12.2. The Labute approximate surface area is 173 Å². The average molecular weight is 410 g/mol. The van der Waals surface area contributed by atoms with Crippen molar-refractivity contribution in [3.05, 3.63) is 70.4 Å². The van der Waals surface area contributed by atoms with Crippen LogP contribution in [0.4, 0.5) is 11.4 Å². The Morgan fingerprint density at radius 3 is 2.45 bits per heavy atom. The second-order valence-corrected chi connectivity index (χ2v) is 7.35. The minimum Gasteiger partial charge on any atom is -0.493 e. The molecule has 0 spiro atoms. The van der Waals surface area contributed by atoms with Gasteiger partial charge in [0.1, 0.15) is 0 Å². The van der Waals surface area contributed by atoms with Crippen LogP contribution in [0.1, 0.15) is 10.4 Å². The fraction of sp³-hybridized carbons (Fsp3) is 0.182. The molecule has 6 nitrogen and oxygen atoms in total. The maximum Gasteiger partial charge on any atom is 0.262 e. The summed E-state index contributed by atoms with van der Waals surface area (Å²) in [6, 6.07) is 16.3. The van der Waals surface area contributed by atoms with Gasteiger partial charge in [-0.1, -0.05) is 18.2 Å². The molecule has 3 aromatic rings. The fourth-order valence-corrected chi connectivity index (χ4v) is 3.43. The zero-order valence-corrected chi connectivity index (χ0v) is 17.0. The lowest BCUT2D eigenvalue weighted by Gasteiger charge is -2.12. The topological polar surface area (TPSA) is 76.7 Å². The van der Waals surface area contributed by atoms with Gasteiger partial charge in [0.15, 0.2) is 18.1 Å². The van der Waals surface area contributed by atoms with Gasteiger partial charge in [-0.25, -0.2) is 0 Å². The first-order valence-electron chi connectivity index (χ1n) is 9.03. The molecule has 2 amide bonds. The van der Waals surface area contributed by atoms with Gasteiger partial charge in [0.05, 0.1) is 13.5 Å². The third kappa shape index (κ3) is 5.83. The predicted octanol–water partition coefficient (Wildman–Crippen LogP) is 4.26. The van der Waals surface area contributed by atoms with E-state index in [9.17, 15) is 9.59 Å². The third-order valence-corrected chi connectivity index (χ3v) is 5.00. The Hall–Kier alpha value is -3.32. The molecule has 0 bridgehead atoms. The summed E-state index contributed by atoms with van der Waals surface area (Å²) >= 11 is 1.55. The van der Waals surface area contributed by atoms with Gasteiger partial charge in [0.2, 0.25) is 5.91 Å². The lowest BCUT2D eigenvalue weighted by atomic mass is 10.1. The molecule has 0 fully saturated rings. The SMILES string of the molecule is COc1ccccc1OCC(=O)Nc1ccc(NC(=O)Cc2cccs2)c(C)c1. The minimum atomic E-state index is -0.287. The zero-order chi connectivity index (χ0) is 20.6. The van der Waals surface area contributed by atoms with Crippen LogP contribution in [0.2, 0.25) is 0 Å². The number of nitrogens with one attached hydrogen (secondary N) is 2. The normalized spacial score (nSPS) is 10.3. The second kappa shape index (κ2) is 9.75. The number of aryl methyl sites for hydroxylation is 1. The number of carbonyl (C=O) groups is 2. The molecule has 0 saturated heterocycles. The van der Waals surface area contributed by atoms with E-state index in [4.69, 9.17) is 9.47 Å². The monoisotopic (exact) mass is 410 g/mol. The van der Waals surface area contributed by atoms with Crippen molar-refractivity contribution < 1.29 is 19.1 Å². The number of ether oxygens (including phenoxy) is 2. The van der Waals surface area contributed by atoms with E-state index in [0.717, 1.165) is 16.1 Å². The zero-order valence-electron chi connectivity index (χ0n) is 16.2. The van der Waals surface area contributed by atoms with E-state index < -0.39 is 0 Å². The van der Waals surface area contributed by atoms with Crippen molar-refractivity contribution in [3.8, 4) is 11.5 Å². The van der Waals surface area contributed by atoms with Gasteiger partial charge in [-0.05, 0) is 54.3 Å². The number of para-hydroxylation sites is 2. The van der Waals surface area contributed by atoms with Crippen LogP contribution >= 0.6 is 11.3 Å². The molecule has 150 valence electrons. The molecule has 0 aliphatic heterocycles. The first kappa shape index (κ1) is 20.4. The number of amides is 2. The predicted molar refractivity (Wildman–Crippen MR) is 115 cm³/mol. The number of benzene rings is 2. The molecule has 7 heteroatoms. The van der Waals surface area contributed by atoms with Crippen molar-refractivity contribution >= 4 is 34.5 Å². The van der Waals surface area contributed by atoms with Gasteiger partial charge in [-0.2, -0.15) is 0 Å². The lowest BCUT2D eigenvalue weighted by Crippen LogP contribution is -2.20. The Kier molecular flexibility index (Phi) is 6.86. The summed E-state index contributed by atoms with van der Waals surface area (Å²) in [5.41, 5.74) is 2.20. The quantitative estimate of drug-likeness (QED) is 0.582. The largest absolute Gasteiger partial charge is 0.493 e. The molecule has 0 aliphatic rings. The molecule has 3 rings (SSSR count). The number of methoxy groups -OCH3 is 1. The molecule has 0 radical (unpaired) electrons. The van der Waals surface area contributed by atoms with Crippen LogP contribution in [-0.2, 0) is 16.0 Å². The number of hydrogen-bond donors (Lipinski definition) is 2. The van der Waals surface area contributed by atoms with Crippen molar-refractivity contribution in [2.75, 3.05) is 24.4 Å². The molecular formula is C22H22N2O4S. The molecule has 2 N–H and O–H groups in total. The van der Waals surface area contributed by atoms with E-state index in [2.05, 4.69) is 10.6 Å². The Balaban J connectivity index is 1.54.